The van der Waals surface area contributed by atoms with Crippen LogP contribution in [0.25, 0.3) is 0 Å². The summed E-state index contributed by atoms with van der Waals surface area (Å²) in [6.45, 7) is 6.20. The number of amides is 1. The molecule has 1 saturated heterocycles. The van der Waals surface area contributed by atoms with Gasteiger partial charge in [-0.05, 0) is 12.3 Å². The van der Waals surface area contributed by atoms with Gasteiger partial charge in [-0.15, -0.1) is 0 Å². The van der Waals surface area contributed by atoms with Gasteiger partial charge < -0.3 is 19.5 Å². The third-order valence-electron chi connectivity index (χ3n) is 4.42. The predicted octanol–water partition coefficient (Wildman–Crippen LogP) is 3.59. The van der Waals surface area contributed by atoms with Crippen LogP contribution in [-0.4, -0.2) is 59.7 Å². The van der Waals surface area contributed by atoms with Crippen LogP contribution in [0, 0.1) is 5.92 Å². The molecule has 1 aliphatic carbocycles. The highest BCUT2D eigenvalue weighted by Gasteiger charge is 2.33. The Kier molecular flexibility index (Phi) is 11.0. The van der Waals surface area contributed by atoms with Gasteiger partial charge in [0.05, 0.1) is 13.2 Å². The molecule has 6 nitrogen and oxygen atoms in total. The van der Waals surface area contributed by atoms with Crippen molar-refractivity contribution in [1.29, 1.82) is 0 Å². The van der Waals surface area contributed by atoms with Crippen molar-refractivity contribution in [3.05, 3.63) is 0 Å². The van der Waals surface area contributed by atoms with E-state index < -0.39 is 23.4 Å². The number of carboxylic acids is 1. The maximum Gasteiger partial charge on any atom is 0.410 e. The van der Waals surface area contributed by atoms with Crippen LogP contribution in [0.2, 0.25) is 0 Å². The molecule has 1 aliphatic heterocycles. The molecule has 1 amide bonds. The first-order valence-electron chi connectivity index (χ1n) is 9.43. The molecule has 2 unspecified atom stereocenters. The lowest BCUT2D eigenvalue weighted by Crippen LogP contribution is -2.45. The summed E-state index contributed by atoms with van der Waals surface area (Å²) in [4.78, 5) is 25.0. The first kappa shape index (κ1) is 22.1. The summed E-state index contributed by atoms with van der Waals surface area (Å²) < 4.78 is 10.7. The van der Waals surface area contributed by atoms with Gasteiger partial charge in [-0.1, -0.05) is 52.4 Å². The quantitative estimate of drug-likeness (QED) is 0.718. The number of hydrogen-bond acceptors (Lipinski definition) is 5. The number of carbonyl (C=O) groups excluding carboxylic acids is 1. The van der Waals surface area contributed by atoms with Gasteiger partial charge in [0.15, 0.2) is 0 Å². The van der Waals surface area contributed by atoms with E-state index >= 15 is 0 Å². The standard InChI is InChI=1S/C15H25NO5S.C3H8/c17-14(18)13(22)12(10-11-4-2-1-3-5-11)21-15(19)16-6-8-20-9-7-16;1-3-2/h11-13,22H,1-10H2,(H,17,18);3H2,1-2H3. The van der Waals surface area contributed by atoms with Crippen molar-refractivity contribution in [2.45, 2.75) is 70.1 Å². The number of aliphatic carboxylic acids is 1. The monoisotopic (exact) mass is 375 g/mol. The molecule has 1 saturated carbocycles. The lowest BCUT2D eigenvalue weighted by molar-refractivity contribution is -0.138. The van der Waals surface area contributed by atoms with Crippen LogP contribution >= 0.6 is 12.6 Å². The molecule has 2 rings (SSSR count). The zero-order chi connectivity index (χ0) is 18.7. The molecule has 2 fully saturated rings. The SMILES string of the molecule is CCC.O=C(O)C(S)C(CC1CCCCC1)OC(=O)N1CCOCC1. The summed E-state index contributed by atoms with van der Waals surface area (Å²) in [5.41, 5.74) is 0. The Morgan fingerprint density at radius 3 is 2.28 bits per heavy atom. The molecule has 0 aromatic carbocycles. The van der Waals surface area contributed by atoms with Crippen LogP contribution in [-0.2, 0) is 14.3 Å². The minimum Gasteiger partial charge on any atom is -0.480 e. The van der Waals surface area contributed by atoms with E-state index in [4.69, 9.17) is 9.47 Å². The lowest BCUT2D eigenvalue weighted by atomic mass is 9.85. The largest absolute Gasteiger partial charge is 0.480 e. The van der Waals surface area contributed by atoms with E-state index in [2.05, 4.69) is 26.5 Å². The van der Waals surface area contributed by atoms with Crippen LogP contribution in [0.3, 0.4) is 0 Å². The summed E-state index contributed by atoms with van der Waals surface area (Å²) in [7, 11) is 0. The van der Waals surface area contributed by atoms with Gasteiger partial charge >= 0.3 is 12.1 Å². The number of carbonyl (C=O) groups is 2. The van der Waals surface area contributed by atoms with Crippen LogP contribution in [0.5, 0.6) is 0 Å². The van der Waals surface area contributed by atoms with Gasteiger partial charge in [0.2, 0.25) is 0 Å². The topological polar surface area (TPSA) is 76.1 Å². The van der Waals surface area contributed by atoms with Crippen molar-refractivity contribution >= 4 is 24.7 Å². The molecule has 0 aromatic heterocycles. The summed E-state index contributed by atoms with van der Waals surface area (Å²) in [5, 5.41) is 8.22. The maximum absolute atomic E-state index is 12.2. The molecule has 0 spiro atoms. The first-order valence-corrected chi connectivity index (χ1v) is 9.95. The fourth-order valence-electron chi connectivity index (χ4n) is 3.10. The Labute approximate surface area is 156 Å². The molecule has 146 valence electrons. The average Bonchev–Trinajstić information content (AvgIpc) is 2.62. The Morgan fingerprint density at radius 1 is 1.20 bits per heavy atom. The predicted molar refractivity (Wildman–Crippen MR) is 100 cm³/mol. The highest BCUT2D eigenvalue weighted by molar-refractivity contribution is 7.81. The molecule has 0 radical (unpaired) electrons. The second kappa shape index (κ2) is 12.4. The average molecular weight is 376 g/mol. The smallest absolute Gasteiger partial charge is 0.410 e. The molecular weight excluding hydrogens is 342 g/mol. The van der Waals surface area contributed by atoms with Crippen molar-refractivity contribution in [2.24, 2.45) is 5.92 Å². The van der Waals surface area contributed by atoms with Crippen molar-refractivity contribution in [1.82, 2.24) is 4.90 Å². The zero-order valence-electron chi connectivity index (χ0n) is 15.5. The van der Waals surface area contributed by atoms with Crippen molar-refractivity contribution < 1.29 is 24.2 Å². The fraction of sp³-hybridized carbons (Fsp3) is 0.889. The van der Waals surface area contributed by atoms with Crippen molar-refractivity contribution in [3.8, 4) is 0 Å². The maximum atomic E-state index is 12.2. The Hall–Kier alpha value is -0.950. The van der Waals surface area contributed by atoms with Gasteiger partial charge in [0.1, 0.15) is 11.4 Å². The Morgan fingerprint density at radius 2 is 1.76 bits per heavy atom. The van der Waals surface area contributed by atoms with Crippen LogP contribution in [0.1, 0.15) is 58.8 Å². The van der Waals surface area contributed by atoms with E-state index in [0.717, 1.165) is 12.8 Å². The molecule has 1 N–H and O–H groups in total. The van der Waals surface area contributed by atoms with E-state index in [9.17, 15) is 14.7 Å². The highest BCUT2D eigenvalue weighted by Crippen LogP contribution is 2.30. The van der Waals surface area contributed by atoms with E-state index in [0.29, 0.717) is 38.6 Å². The highest BCUT2D eigenvalue weighted by atomic mass is 32.1. The lowest BCUT2D eigenvalue weighted by Gasteiger charge is -2.31. The van der Waals surface area contributed by atoms with Crippen molar-refractivity contribution in [2.75, 3.05) is 26.3 Å². The third kappa shape index (κ3) is 8.31. The number of nitrogens with zero attached hydrogens (tertiary/aromatic N) is 1. The molecule has 1 heterocycles. The number of rotatable bonds is 5. The molecule has 0 aromatic rings. The van der Waals surface area contributed by atoms with Crippen LogP contribution in [0.15, 0.2) is 0 Å². The number of carboxylic acid groups (broad SMARTS) is 1. The molecule has 2 aliphatic rings. The molecule has 0 bridgehead atoms. The summed E-state index contributed by atoms with van der Waals surface area (Å²) in [6, 6.07) is 0. The summed E-state index contributed by atoms with van der Waals surface area (Å²) in [6.07, 6.45) is 6.41. The molecule has 25 heavy (non-hydrogen) atoms. The normalized spacial score (nSPS) is 20.8. The van der Waals surface area contributed by atoms with E-state index in [1.165, 1.54) is 25.7 Å². The Bertz CT molecular complexity index is 395. The fourth-order valence-corrected chi connectivity index (χ4v) is 3.28. The third-order valence-corrected chi connectivity index (χ3v) is 4.97. The molecule has 7 heteroatoms. The van der Waals surface area contributed by atoms with E-state index in [-0.39, 0.29) is 0 Å². The van der Waals surface area contributed by atoms with Crippen LogP contribution < -0.4 is 0 Å². The Balaban J connectivity index is 0.000000970. The van der Waals surface area contributed by atoms with Gasteiger partial charge in [-0.3, -0.25) is 4.79 Å². The number of morpholine rings is 1. The van der Waals surface area contributed by atoms with Crippen LogP contribution in [0.4, 0.5) is 4.79 Å². The summed E-state index contributed by atoms with van der Waals surface area (Å²) >= 11 is 4.14. The zero-order valence-corrected chi connectivity index (χ0v) is 16.4. The minimum absolute atomic E-state index is 0.422. The van der Waals surface area contributed by atoms with Gasteiger partial charge in [0.25, 0.3) is 0 Å². The van der Waals surface area contributed by atoms with Crippen molar-refractivity contribution in [3.63, 3.8) is 0 Å². The number of hydrogen-bond donors (Lipinski definition) is 2. The second-order valence-electron chi connectivity index (χ2n) is 6.75. The van der Waals surface area contributed by atoms with Gasteiger partial charge in [0, 0.05) is 13.1 Å². The van der Waals surface area contributed by atoms with E-state index in [1.807, 2.05) is 0 Å². The van der Waals surface area contributed by atoms with Gasteiger partial charge in [-0.25, -0.2) is 4.79 Å². The first-order chi connectivity index (χ1) is 12.0. The molecule has 2 atom stereocenters. The second-order valence-corrected chi connectivity index (χ2v) is 7.31. The number of thiol groups is 1. The molecular formula is C18H33NO5S. The van der Waals surface area contributed by atoms with E-state index in [1.54, 1.807) is 4.90 Å². The van der Waals surface area contributed by atoms with Gasteiger partial charge in [-0.2, -0.15) is 12.6 Å². The summed E-state index contributed by atoms with van der Waals surface area (Å²) in [5.74, 6) is -0.621. The number of ether oxygens (including phenoxy) is 2. The minimum atomic E-state index is -1.04.